The van der Waals surface area contributed by atoms with Crippen LogP contribution in [-0.2, 0) is 4.79 Å². The number of carbonyl (C=O) groups is 2. The van der Waals surface area contributed by atoms with Crippen LogP contribution in [0.25, 0.3) is 0 Å². The Morgan fingerprint density at radius 2 is 2.20 bits per heavy atom. The quantitative estimate of drug-likeness (QED) is 0.433. The Labute approximate surface area is 112 Å². The summed E-state index contributed by atoms with van der Waals surface area (Å²) in [5.74, 6) is -2.20. The molecule has 0 unspecified atom stereocenters. The first-order valence-corrected chi connectivity index (χ1v) is 5.24. The van der Waals surface area contributed by atoms with Crippen molar-refractivity contribution in [2.45, 2.75) is 0 Å². The molecule has 0 spiro atoms. The minimum Gasteiger partial charge on any atom is -0.483 e. The van der Waals surface area contributed by atoms with Crippen molar-refractivity contribution in [1.29, 1.82) is 5.26 Å². The molecule has 0 aliphatic carbocycles. The summed E-state index contributed by atoms with van der Waals surface area (Å²) in [6, 6.07) is 4.69. The maximum atomic E-state index is 11.2. The fraction of sp³-hybridized carbons (Fsp3) is 0.182. The first kappa shape index (κ1) is 14.9. The molecular formula is C11H9N3O6. The average Bonchev–Trinajstić information content (AvgIpc) is 2.42. The minimum absolute atomic E-state index is 0.171. The molecule has 0 saturated carbocycles. The maximum absolute atomic E-state index is 11.2. The first-order chi connectivity index (χ1) is 9.45. The fourth-order valence-electron chi connectivity index (χ4n) is 1.26. The van der Waals surface area contributed by atoms with E-state index in [9.17, 15) is 19.7 Å². The van der Waals surface area contributed by atoms with Gasteiger partial charge in [-0.05, 0) is 6.07 Å². The van der Waals surface area contributed by atoms with Gasteiger partial charge in [0.2, 0.25) is 0 Å². The van der Waals surface area contributed by atoms with Crippen molar-refractivity contribution >= 4 is 17.6 Å². The van der Waals surface area contributed by atoms with Gasteiger partial charge in [0.05, 0.1) is 11.0 Å². The monoisotopic (exact) mass is 279 g/mol. The van der Waals surface area contributed by atoms with Crippen LogP contribution in [0.15, 0.2) is 18.2 Å². The maximum Gasteiger partial charge on any atom is 0.339 e. The summed E-state index contributed by atoms with van der Waals surface area (Å²) in [5.41, 5.74) is -0.823. The number of hydrogen-bond acceptors (Lipinski definition) is 6. The highest BCUT2D eigenvalue weighted by Crippen LogP contribution is 2.24. The van der Waals surface area contributed by atoms with Crippen LogP contribution in [0.1, 0.15) is 10.4 Å². The number of nitrogens with zero attached hydrogens (tertiary/aromatic N) is 2. The van der Waals surface area contributed by atoms with Crippen molar-refractivity contribution in [3.63, 3.8) is 0 Å². The second-order valence-corrected chi connectivity index (χ2v) is 3.47. The second-order valence-electron chi connectivity index (χ2n) is 3.47. The van der Waals surface area contributed by atoms with E-state index in [-0.39, 0.29) is 12.3 Å². The number of nitriles is 1. The molecule has 0 bridgehead atoms. The van der Waals surface area contributed by atoms with Crippen LogP contribution < -0.4 is 10.1 Å². The number of non-ortho nitro benzene ring substituents is 1. The number of aromatic carboxylic acids is 1. The normalized spacial score (nSPS) is 9.35. The molecule has 0 saturated heterocycles. The van der Waals surface area contributed by atoms with Crippen LogP contribution in [0.3, 0.4) is 0 Å². The number of benzene rings is 1. The first-order valence-electron chi connectivity index (χ1n) is 5.24. The molecule has 20 heavy (non-hydrogen) atoms. The highest BCUT2D eigenvalue weighted by atomic mass is 16.6. The van der Waals surface area contributed by atoms with Crippen molar-refractivity contribution in [1.82, 2.24) is 5.32 Å². The van der Waals surface area contributed by atoms with Gasteiger partial charge in [0.1, 0.15) is 17.9 Å². The van der Waals surface area contributed by atoms with Gasteiger partial charge >= 0.3 is 5.97 Å². The van der Waals surface area contributed by atoms with Crippen LogP contribution >= 0.6 is 0 Å². The van der Waals surface area contributed by atoms with E-state index in [0.717, 1.165) is 18.2 Å². The van der Waals surface area contributed by atoms with Gasteiger partial charge in [-0.3, -0.25) is 14.9 Å². The molecule has 0 aromatic heterocycles. The van der Waals surface area contributed by atoms with Crippen molar-refractivity contribution in [2.24, 2.45) is 0 Å². The standard InChI is InChI=1S/C11H9N3O6/c12-3-4-13-10(15)6-20-9-2-1-7(14(18)19)5-8(9)11(16)17/h1-2,5H,4,6H2,(H,13,15)(H,16,17). The summed E-state index contributed by atoms with van der Waals surface area (Å²) < 4.78 is 4.97. The summed E-state index contributed by atoms with van der Waals surface area (Å²) in [7, 11) is 0. The number of amides is 1. The van der Waals surface area contributed by atoms with Crippen molar-refractivity contribution in [3.05, 3.63) is 33.9 Å². The Balaban J connectivity index is 2.85. The molecule has 0 atom stereocenters. The summed E-state index contributed by atoms with van der Waals surface area (Å²) in [4.78, 5) is 32.0. The number of carbonyl (C=O) groups excluding carboxylic acids is 1. The topological polar surface area (TPSA) is 143 Å². The SMILES string of the molecule is N#CCNC(=O)COc1ccc([N+](=O)[O-])cc1C(=O)O. The Morgan fingerprint density at radius 3 is 2.75 bits per heavy atom. The third-order valence-electron chi connectivity index (χ3n) is 2.13. The summed E-state index contributed by atoms with van der Waals surface area (Å²) in [6.45, 7) is -0.700. The van der Waals surface area contributed by atoms with Crippen LogP contribution in [0, 0.1) is 21.4 Å². The Hall–Kier alpha value is -3.15. The molecule has 9 nitrogen and oxygen atoms in total. The number of nitro groups is 1. The van der Waals surface area contributed by atoms with Crippen molar-refractivity contribution < 1.29 is 24.4 Å². The van der Waals surface area contributed by atoms with Gasteiger partial charge in [0.25, 0.3) is 11.6 Å². The van der Waals surface area contributed by atoms with Crippen LogP contribution in [0.5, 0.6) is 5.75 Å². The number of carboxylic acid groups (broad SMARTS) is 1. The lowest BCUT2D eigenvalue weighted by atomic mass is 10.2. The predicted octanol–water partition coefficient (Wildman–Crippen LogP) is 0.312. The summed E-state index contributed by atoms with van der Waals surface area (Å²) in [6.07, 6.45) is 0. The smallest absolute Gasteiger partial charge is 0.339 e. The predicted molar refractivity (Wildman–Crippen MR) is 64.2 cm³/mol. The number of carboxylic acids is 1. The Morgan fingerprint density at radius 1 is 1.50 bits per heavy atom. The molecule has 0 radical (unpaired) electrons. The Kier molecular flexibility index (Phi) is 4.99. The zero-order valence-corrected chi connectivity index (χ0v) is 10.0. The van der Waals surface area contributed by atoms with Gasteiger partial charge in [-0.25, -0.2) is 4.79 Å². The minimum atomic E-state index is -1.42. The molecule has 1 aromatic carbocycles. The van der Waals surface area contributed by atoms with E-state index < -0.39 is 34.7 Å². The molecule has 0 fully saturated rings. The molecule has 0 aliphatic heterocycles. The van der Waals surface area contributed by atoms with E-state index in [4.69, 9.17) is 15.1 Å². The van der Waals surface area contributed by atoms with Crippen LogP contribution in [0.4, 0.5) is 5.69 Å². The molecule has 1 amide bonds. The summed E-state index contributed by atoms with van der Waals surface area (Å²) in [5, 5.41) is 29.9. The van der Waals surface area contributed by atoms with E-state index in [1.807, 2.05) is 0 Å². The molecule has 0 aliphatic rings. The fourth-order valence-corrected chi connectivity index (χ4v) is 1.26. The van der Waals surface area contributed by atoms with Crippen molar-refractivity contribution in [2.75, 3.05) is 13.2 Å². The number of nitro benzene ring substituents is 1. The van der Waals surface area contributed by atoms with E-state index >= 15 is 0 Å². The zero-order chi connectivity index (χ0) is 15.1. The zero-order valence-electron chi connectivity index (χ0n) is 10.0. The molecule has 1 aromatic rings. The highest BCUT2D eigenvalue weighted by Gasteiger charge is 2.17. The lowest BCUT2D eigenvalue weighted by Gasteiger charge is -2.08. The lowest BCUT2D eigenvalue weighted by Crippen LogP contribution is -2.29. The van der Waals surface area contributed by atoms with Gasteiger partial charge in [0.15, 0.2) is 6.61 Å². The molecule has 104 valence electrons. The largest absolute Gasteiger partial charge is 0.483 e. The van der Waals surface area contributed by atoms with Gasteiger partial charge in [0, 0.05) is 12.1 Å². The second kappa shape index (κ2) is 6.69. The van der Waals surface area contributed by atoms with Gasteiger partial charge in [-0.15, -0.1) is 0 Å². The lowest BCUT2D eigenvalue weighted by molar-refractivity contribution is -0.384. The molecular weight excluding hydrogens is 270 g/mol. The van der Waals surface area contributed by atoms with E-state index in [0.29, 0.717) is 0 Å². The number of ether oxygens (including phenoxy) is 1. The number of rotatable bonds is 6. The molecule has 0 heterocycles. The third kappa shape index (κ3) is 3.95. The van der Waals surface area contributed by atoms with E-state index in [2.05, 4.69) is 5.32 Å². The van der Waals surface area contributed by atoms with Crippen LogP contribution in [0.2, 0.25) is 0 Å². The van der Waals surface area contributed by atoms with Gasteiger partial charge in [-0.1, -0.05) is 0 Å². The number of hydrogen-bond donors (Lipinski definition) is 2. The average molecular weight is 279 g/mol. The Bertz CT molecular complexity index is 592. The molecule has 1 rings (SSSR count). The van der Waals surface area contributed by atoms with E-state index in [1.165, 1.54) is 0 Å². The molecule has 9 heteroatoms. The third-order valence-corrected chi connectivity index (χ3v) is 2.13. The van der Waals surface area contributed by atoms with Crippen LogP contribution in [-0.4, -0.2) is 35.1 Å². The van der Waals surface area contributed by atoms with Gasteiger partial charge in [-0.2, -0.15) is 5.26 Å². The highest BCUT2D eigenvalue weighted by molar-refractivity contribution is 5.92. The molecule has 2 N–H and O–H groups in total. The van der Waals surface area contributed by atoms with Gasteiger partial charge < -0.3 is 15.2 Å². The number of nitrogens with one attached hydrogen (secondary N) is 1. The van der Waals surface area contributed by atoms with Crippen molar-refractivity contribution in [3.8, 4) is 11.8 Å². The van der Waals surface area contributed by atoms with E-state index in [1.54, 1.807) is 6.07 Å². The summed E-state index contributed by atoms with van der Waals surface area (Å²) >= 11 is 0.